The zero-order valence-electron chi connectivity index (χ0n) is 11.2. The average Bonchev–Trinajstić information content (AvgIpc) is 2.93. The molecule has 1 aromatic carbocycles. The van der Waals surface area contributed by atoms with Gasteiger partial charge in [0.05, 0.1) is 7.11 Å². The van der Waals surface area contributed by atoms with Crippen molar-refractivity contribution in [2.24, 2.45) is 0 Å². The third-order valence-electron chi connectivity index (χ3n) is 3.22. The molecule has 2 aromatic rings. The van der Waals surface area contributed by atoms with Gasteiger partial charge in [0.2, 0.25) is 0 Å². The summed E-state index contributed by atoms with van der Waals surface area (Å²) in [5, 5.41) is 8.38. The fraction of sp³-hybridized carbons (Fsp3) is 0.333. The van der Waals surface area contributed by atoms with Gasteiger partial charge in [-0.1, -0.05) is 17.7 Å². The molecule has 0 saturated heterocycles. The van der Waals surface area contributed by atoms with Crippen molar-refractivity contribution in [3.63, 3.8) is 0 Å². The van der Waals surface area contributed by atoms with Gasteiger partial charge in [-0.2, -0.15) is 11.3 Å². The second-order valence-electron chi connectivity index (χ2n) is 4.40. The van der Waals surface area contributed by atoms with Crippen LogP contribution in [0.5, 0.6) is 5.75 Å². The zero-order chi connectivity index (χ0) is 13.7. The number of hydrogen-bond donors (Lipinski definition) is 1. The van der Waals surface area contributed by atoms with Crippen LogP contribution in [0.15, 0.2) is 35.0 Å². The molecule has 0 saturated carbocycles. The average molecular weight is 296 g/mol. The number of halogens is 1. The summed E-state index contributed by atoms with van der Waals surface area (Å²) in [7, 11) is 3.66. The van der Waals surface area contributed by atoms with Crippen LogP contribution < -0.4 is 10.1 Å². The highest BCUT2D eigenvalue weighted by Gasteiger charge is 2.14. The monoisotopic (exact) mass is 295 g/mol. The van der Waals surface area contributed by atoms with Crippen LogP contribution >= 0.6 is 22.9 Å². The number of thiophene rings is 1. The maximum Gasteiger partial charge on any atom is 0.125 e. The molecule has 0 spiro atoms. The number of benzene rings is 1. The molecule has 0 aliphatic carbocycles. The minimum atomic E-state index is 0.270. The first kappa shape index (κ1) is 14.4. The molecule has 0 bridgehead atoms. The molecule has 1 heterocycles. The van der Waals surface area contributed by atoms with Crippen molar-refractivity contribution in [2.45, 2.75) is 18.9 Å². The summed E-state index contributed by atoms with van der Waals surface area (Å²) in [6, 6.07) is 8.26. The van der Waals surface area contributed by atoms with Crippen molar-refractivity contribution >= 4 is 22.9 Å². The van der Waals surface area contributed by atoms with Crippen LogP contribution in [0.3, 0.4) is 0 Å². The second-order valence-corrected chi connectivity index (χ2v) is 5.61. The summed E-state index contributed by atoms with van der Waals surface area (Å²) in [6.07, 6.45) is 2.09. The Morgan fingerprint density at radius 1 is 1.37 bits per heavy atom. The Morgan fingerprint density at radius 2 is 2.21 bits per heavy atom. The van der Waals surface area contributed by atoms with Gasteiger partial charge in [-0.25, -0.2) is 0 Å². The lowest BCUT2D eigenvalue weighted by Gasteiger charge is -2.19. The van der Waals surface area contributed by atoms with E-state index in [9.17, 15) is 0 Å². The van der Waals surface area contributed by atoms with E-state index in [-0.39, 0.29) is 6.04 Å². The van der Waals surface area contributed by atoms with Gasteiger partial charge in [0.25, 0.3) is 0 Å². The van der Waals surface area contributed by atoms with Gasteiger partial charge in [0.15, 0.2) is 0 Å². The number of ether oxygens (including phenoxy) is 1. The molecule has 19 heavy (non-hydrogen) atoms. The summed E-state index contributed by atoms with van der Waals surface area (Å²) < 4.78 is 5.42. The first-order chi connectivity index (χ1) is 9.24. The molecule has 4 heteroatoms. The van der Waals surface area contributed by atoms with Gasteiger partial charge >= 0.3 is 0 Å². The molecule has 1 atom stereocenters. The van der Waals surface area contributed by atoms with Gasteiger partial charge in [0.1, 0.15) is 5.75 Å². The van der Waals surface area contributed by atoms with E-state index in [2.05, 4.69) is 22.1 Å². The molecular formula is C15H18ClNOS. The fourth-order valence-electron chi connectivity index (χ4n) is 2.17. The van der Waals surface area contributed by atoms with Crippen LogP contribution in [0.25, 0.3) is 0 Å². The molecule has 0 aliphatic heterocycles. The van der Waals surface area contributed by atoms with E-state index in [0.717, 1.165) is 24.2 Å². The van der Waals surface area contributed by atoms with Crippen LogP contribution in [-0.2, 0) is 6.42 Å². The van der Waals surface area contributed by atoms with Gasteiger partial charge in [0, 0.05) is 16.6 Å². The largest absolute Gasteiger partial charge is 0.496 e. The van der Waals surface area contributed by atoms with Crippen molar-refractivity contribution in [1.82, 2.24) is 5.32 Å². The quantitative estimate of drug-likeness (QED) is 0.858. The Hall–Kier alpha value is -1.03. The van der Waals surface area contributed by atoms with Gasteiger partial charge in [-0.3, -0.25) is 0 Å². The molecule has 2 rings (SSSR count). The van der Waals surface area contributed by atoms with Crippen LogP contribution in [0.1, 0.15) is 23.6 Å². The van der Waals surface area contributed by atoms with Crippen molar-refractivity contribution in [1.29, 1.82) is 0 Å². The fourth-order valence-corrected chi connectivity index (χ4v) is 3.04. The predicted octanol–water partition coefficient (Wildman–Crippen LogP) is 4.30. The smallest absolute Gasteiger partial charge is 0.125 e. The first-order valence-corrected chi connectivity index (χ1v) is 7.58. The predicted molar refractivity (Wildman–Crippen MR) is 82.4 cm³/mol. The third-order valence-corrected chi connectivity index (χ3v) is 4.19. The summed E-state index contributed by atoms with van der Waals surface area (Å²) in [5.74, 6) is 0.845. The minimum absolute atomic E-state index is 0.270. The lowest BCUT2D eigenvalue weighted by atomic mass is 9.99. The lowest BCUT2D eigenvalue weighted by molar-refractivity contribution is 0.399. The summed E-state index contributed by atoms with van der Waals surface area (Å²) >= 11 is 7.74. The van der Waals surface area contributed by atoms with Crippen LogP contribution in [0, 0.1) is 0 Å². The van der Waals surface area contributed by atoms with E-state index < -0.39 is 0 Å². The molecule has 2 nitrogen and oxygen atoms in total. The van der Waals surface area contributed by atoms with Crippen LogP contribution in [0.2, 0.25) is 5.02 Å². The number of nitrogens with one attached hydrogen (secondary N) is 1. The highest BCUT2D eigenvalue weighted by atomic mass is 35.5. The van der Waals surface area contributed by atoms with E-state index in [1.54, 1.807) is 18.4 Å². The molecule has 0 amide bonds. The highest BCUT2D eigenvalue weighted by molar-refractivity contribution is 7.07. The number of methoxy groups -OCH3 is 1. The molecular weight excluding hydrogens is 278 g/mol. The van der Waals surface area contributed by atoms with E-state index in [1.165, 1.54) is 5.56 Å². The van der Waals surface area contributed by atoms with E-state index in [4.69, 9.17) is 16.3 Å². The molecule has 0 radical (unpaired) electrons. The highest BCUT2D eigenvalue weighted by Crippen LogP contribution is 2.30. The lowest BCUT2D eigenvalue weighted by Crippen LogP contribution is -2.17. The molecule has 1 N–H and O–H groups in total. The Kier molecular flexibility index (Phi) is 5.25. The second kappa shape index (κ2) is 6.94. The van der Waals surface area contributed by atoms with Crippen molar-refractivity contribution in [2.75, 3.05) is 14.2 Å². The normalized spacial score (nSPS) is 12.4. The summed E-state index contributed by atoms with van der Waals surface area (Å²) in [6.45, 7) is 0. The molecule has 1 unspecified atom stereocenters. The van der Waals surface area contributed by atoms with Gasteiger partial charge in [-0.15, -0.1) is 0 Å². The summed E-state index contributed by atoms with van der Waals surface area (Å²) in [5.41, 5.74) is 2.54. The maximum atomic E-state index is 6.00. The van der Waals surface area contributed by atoms with E-state index >= 15 is 0 Å². The molecule has 0 aliphatic rings. The third kappa shape index (κ3) is 3.72. The Labute approximate surface area is 123 Å². The molecule has 102 valence electrons. The maximum absolute atomic E-state index is 6.00. The van der Waals surface area contributed by atoms with E-state index in [0.29, 0.717) is 5.02 Å². The van der Waals surface area contributed by atoms with Gasteiger partial charge in [-0.05, 0) is 54.4 Å². The zero-order valence-corrected chi connectivity index (χ0v) is 12.7. The number of rotatable bonds is 6. The standard InChI is InChI=1S/C15H18ClNOS/c1-17-14(6-3-11-7-8-19-10-11)13-5-4-12(16)9-15(13)18-2/h4-5,7-10,14,17H,3,6H2,1-2H3. The topological polar surface area (TPSA) is 21.3 Å². The van der Waals surface area contributed by atoms with Crippen molar-refractivity contribution < 1.29 is 4.74 Å². The van der Waals surface area contributed by atoms with Crippen LogP contribution in [-0.4, -0.2) is 14.2 Å². The Balaban J connectivity index is 2.12. The van der Waals surface area contributed by atoms with Crippen molar-refractivity contribution in [3.05, 3.63) is 51.2 Å². The number of hydrogen-bond acceptors (Lipinski definition) is 3. The molecule has 1 aromatic heterocycles. The number of aryl methyl sites for hydroxylation is 1. The first-order valence-electron chi connectivity index (χ1n) is 6.26. The van der Waals surface area contributed by atoms with Crippen LogP contribution in [0.4, 0.5) is 0 Å². The molecule has 0 fully saturated rings. The van der Waals surface area contributed by atoms with Gasteiger partial charge < -0.3 is 10.1 Å². The van der Waals surface area contributed by atoms with Crippen molar-refractivity contribution in [3.8, 4) is 5.75 Å². The Morgan fingerprint density at radius 3 is 2.84 bits per heavy atom. The SMILES string of the molecule is CNC(CCc1ccsc1)c1ccc(Cl)cc1OC. The minimum Gasteiger partial charge on any atom is -0.496 e. The summed E-state index contributed by atoms with van der Waals surface area (Å²) in [4.78, 5) is 0. The van der Waals surface area contributed by atoms with E-state index in [1.807, 2.05) is 25.2 Å². The Bertz CT molecular complexity index is 513.